The van der Waals surface area contributed by atoms with Crippen LogP contribution in [0.15, 0.2) is 18.2 Å². The molecular weight excluding hydrogens is 212 g/mol. The van der Waals surface area contributed by atoms with Crippen LogP contribution in [0.5, 0.6) is 5.75 Å². The van der Waals surface area contributed by atoms with Crippen LogP contribution < -0.4 is 10.5 Å². The molecule has 1 heterocycles. The molecule has 1 aromatic carbocycles. The molecule has 0 saturated carbocycles. The van der Waals surface area contributed by atoms with Crippen LogP contribution in [0, 0.1) is 13.8 Å². The zero-order valence-electron chi connectivity index (χ0n) is 10.8. The molecule has 1 atom stereocenters. The normalized spacial score (nSPS) is 20.8. The van der Waals surface area contributed by atoms with E-state index < -0.39 is 0 Å². The number of nitrogens with two attached hydrogens (primary N) is 1. The highest BCUT2D eigenvalue weighted by Crippen LogP contribution is 2.22. The lowest BCUT2D eigenvalue weighted by Crippen LogP contribution is -2.29. The predicted molar refractivity (Wildman–Crippen MR) is 70.4 cm³/mol. The number of hydrogen-bond donors (Lipinski definition) is 1. The van der Waals surface area contributed by atoms with Crippen molar-refractivity contribution >= 4 is 0 Å². The summed E-state index contributed by atoms with van der Waals surface area (Å²) >= 11 is 0. The monoisotopic (exact) mass is 234 g/mol. The van der Waals surface area contributed by atoms with Crippen molar-refractivity contribution in [3.8, 4) is 5.75 Å². The summed E-state index contributed by atoms with van der Waals surface area (Å²) in [5.41, 5.74) is 8.30. The van der Waals surface area contributed by atoms with Gasteiger partial charge >= 0.3 is 0 Å². The molecule has 0 aliphatic carbocycles. The Labute approximate surface area is 104 Å². The first-order valence-electron chi connectivity index (χ1n) is 6.34. The molecule has 94 valence electrons. The molecule has 3 heteroatoms. The highest BCUT2D eigenvalue weighted by molar-refractivity contribution is 5.39. The van der Waals surface area contributed by atoms with Gasteiger partial charge in [-0.25, -0.2) is 0 Å². The van der Waals surface area contributed by atoms with Gasteiger partial charge in [0.15, 0.2) is 0 Å². The summed E-state index contributed by atoms with van der Waals surface area (Å²) in [6, 6.07) is 6.61. The molecule has 17 heavy (non-hydrogen) atoms. The van der Waals surface area contributed by atoms with Gasteiger partial charge in [0.1, 0.15) is 12.4 Å². The largest absolute Gasteiger partial charge is 0.492 e. The third-order valence-electron chi connectivity index (χ3n) is 3.37. The zero-order valence-corrected chi connectivity index (χ0v) is 10.8. The second kappa shape index (κ2) is 5.52. The standard InChI is InChI=1S/C14H22N2O/c1-11-4-3-5-12(2)14(11)17-9-8-16-7-6-13(15)10-16/h3-5,13H,6-10,15H2,1-2H3/t13-/m0/s1. The summed E-state index contributed by atoms with van der Waals surface area (Å²) in [5, 5.41) is 0. The summed E-state index contributed by atoms with van der Waals surface area (Å²) in [5.74, 6) is 1.04. The molecule has 0 unspecified atom stereocenters. The summed E-state index contributed by atoms with van der Waals surface area (Å²) in [6.45, 7) is 8.02. The zero-order chi connectivity index (χ0) is 12.3. The van der Waals surface area contributed by atoms with Gasteiger partial charge in [-0.3, -0.25) is 4.90 Å². The second-order valence-corrected chi connectivity index (χ2v) is 4.92. The lowest BCUT2D eigenvalue weighted by atomic mass is 10.1. The maximum absolute atomic E-state index is 5.88. The van der Waals surface area contributed by atoms with E-state index in [-0.39, 0.29) is 0 Å². The van der Waals surface area contributed by atoms with Crippen molar-refractivity contribution < 1.29 is 4.74 Å². The van der Waals surface area contributed by atoms with Gasteiger partial charge in [0.05, 0.1) is 0 Å². The van der Waals surface area contributed by atoms with Crippen LogP contribution in [0.3, 0.4) is 0 Å². The van der Waals surface area contributed by atoms with Crippen molar-refractivity contribution in [1.82, 2.24) is 4.90 Å². The molecule has 0 aromatic heterocycles. The van der Waals surface area contributed by atoms with E-state index in [1.54, 1.807) is 0 Å². The third-order valence-corrected chi connectivity index (χ3v) is 3.37. The number of nitrogens with zero attached hydrogens (tertiary/aromatic N) is 1. The fourth-order valence-corrected chi connectivity index (χ4v) is 2.37. The first-order valence-corrected chi connectivity index (χ1v) is 6.34. The lowest BCUT2D eigenvalue weighted by molar-refractivity contribution is 0.234. The highest BCUT2D eigenvalue weighted by Gasteiger charge is 2.18. The topological polar surface area (TPSA) is 38.5 Å². The smallest absolute Gasteiger partial charge is 0.125 e. The van der Waals surface area contributed by atoms with Crippen molar-refractivity contribution in [2.24, 2.45) is 5.73 Å². The van der Waals surface area contributed by atoms with Gasteiger partial charge in [0.25, 0.3) is 0 Å². The predicted octanol–water partition coefficient (Wildman–Crippen LogP) is 1.72. The van der Waals surface area contributed by atoms with E-state index in [2.05, 4.69) is 36.9 Å². The van der Waals surface area contributed by atoms with Gasteiger partial charge in [-0.15, -0.1) is 0 Å². The highest BCUT2D eigenvalue weighted by atomic mass is 16.5. The van der Waals surface area contributed by atoms with Gasteiger partial charge in [-0.05, 0) is 37.9 Å². The molecule has 3 nitrogen and oxygen atoms in total. The van der Waals surface area contributed by atoms with Crippen molar-refractivity contribution in [2.75, 3.05) is 26.2 Å². The van der Waals surface area contributed by atoms with E-state index in [0.717, 1.165) is 38.4 Å². The maximum atomic E-state index is 5.88. The lowest BCUT2D eigenvalue weighted by Gasteiger charge is -2.17. The average Bonchev–Trinajstić information content (AvgIpc) is 2.69. The maximum Gasteiger partial charge on any atom is 0.125 e. The minimum Gasteiger partial charge on any atom is -0.492 e. The van der Waals surface area contributed by atoms with Crippen LogP contribution in [0.2, 0.25) is 0 Å². The fraction of sp³-hybridized carbons (Fsp3) is 0.571. The minimum absolute atomic E-state index is 0.357. The molecule has 2 rings (SSSR count). The van der Waals surface area contributed by atoms with Gasteiger partial charge < -0.3 is 10.5 Å². The Morgan fingerprint density at radius 3 is 2.65 bits per heavy atom. The Bertz CT molecular complexity index is 358. The van der Waals surface area contributed by atoms with Crippen LogP contribution in [-0.4, -0.2) is 37.2 Å². The van der Waals surface area contributed by atoms with E-state index in [9.17, 15) is 0 Å². The number of aryl methyl sites for hydroxylation is 2. The molecule has 1 aliphatic rings. The molecule has 0 bridgehead atoms. The number of likely N-dealkylation sites (tertiary alicyclic amines) is 1. The average molecular weight is 234 g/mol. The summed E-state index contributed by atoms with van der Waals surface area (Å²) < 4.78 is 5.88. The van der Waals surface area contributed by atoms with E-state index in [0.29, 0.717) is 6.04 Å². The fourth-order valence-electron chi connectivity index (χ4n) is 2.37. The van der Waals surface area contributed by atoms with E-state index >= 15 is 0 Å². The van der Waals surface area contributed by atoms with Gasteiger partial charge in [-0.2, -0.15) is 0 Å². The quantitative estimate of drug-likeness (QED) is 0.862. The summed E-state index contributed by atoms with van der Waals surface area (Å²) in [7, 11) is 0. The molecule has 1 aliphatic heterocycles. The summed E-state index contributed by atoms with van der Waals surface area (Å²) in [4.78, 5) is 2.37. The Hall–Kier alpha value is -1.06. The molecule has 0 radical (unpaired) electrons. The first-order chi connectivity index (χ1) is 8.16. The van der Waals surface area contributed by atoms with E-state index in [1.807, 2.05) is 0 Å². The molecule has 0 spiro atoms. The number of benzene rings is 1. The van der Waals surface area contributed by atoms with Gasteiger partial charge in [0, 0.05) is 19.1 Å². The number of rotatable bonds is 4. The second-order valence-electron chi connectivity index (χ2n) is 4.92. The molecule has 1 aromatic rings. The minimum atomic E-state index is 0.357. The van der Waals surface area contributed by atoms with Gasteiger partial charge in [0.2, 0.25) is 0 Å². The summed E-state index contributed by atoms with van der Waals surface area (Å²) in [6.07, 6.45) is 1.11. The molecule has 1 saturated heterocycles. The van der Waals surface area contributed by atoms with Crippen molar-refractivity contribution in [2.45, 2.75) is 26.3 Å². The number of ether oxygens (including phenoxy) is 1. The molecule has 0 amide bonds. The Morgan fingerprint density at radius 2 is 2.06 bits per heavy atom. The first kappa shape index (κ1) is 12.4. The van der Waals surface area contributed by atoms with Gasteiger partial charge in [-0.1, -0.05) is 18.2 Å². The van der Waals surface area contributed by atoms with Crippen LogP contribution in [0.25, 0.3) is 0 Å². The van der Waals surface area contributed by atoms with Crippen molar-refractivity contribution in [3.05, 3.63) is 29.3 Å². The van der Waals surface area contributed by atoms with E-state index in [4.69, 9.17) is 10.5 Å². The Kier molecular flexibility index (Phi) is 4.02. The van der Waals surface area contributed by atoms with Crippen molar-refractivity contribution in [3.63, 3.8) is 0 Å². The molecule has 1 fully saturated rings. The third kappa shape index (κ3) is 3.20. The molecule has 2 N–H and O–H groups in total. The Morgan fingerprint density at radius 1 is 1.35 bits per heavy atom. The van der Waals surface area contributed by atoms with Crippen LogP contribution >= 0.6 is 0 Å². The number of para-hydroxylation sites is 1. The molecular formula is C14H22N2O. The van der Waals surface area contributed by atoms with Crippen LogP contribution in [0.4, 0.5) is 0 Å². The Balaban J connectivity index is 1.82. The number of hydrogen-bond acceptors (Lipinski definition) is 3. The SMILES string of the molecule is Cc1cccc(C)c1OCCN1CC[C@H](N)C1. The van der Waals surface area contributed by atoms with Crippen LogP contribution in [0.1, 0.15) is 17.5 Å². The van der Waals surface area contributed by atoms with Crippen LogP contribution in [-0.2, 0) is 0 Å². The van der Waals surface area contributed by atoms with Crippen molar-refractivity contribution in [1.29, 1.82) is 0 Å². The van der Waals surface area contributed by atoms with E-state index in [1.165, 1.54) is 11.1 Å².